The zero-order valence-electron chi connectivity index (χ0n) is 8.27. The van der Waals surface area contributed by atoms with Crippen LogP contribution in [-0.4, -0.2) is 14.2 Å². The quantitative estimate of drug-likeness (QED) is 0.797. The predicted octanol–water partition coefficient (Wildman–Crippen LogP) is 3.08. The van der Waals surface area contributed by atoms with Gasteiger partial charge >= 0.3 is 0 Å². The molecule has 1 aromatic carbocycles. The molecule has 13 heavy (non-hydrogen) atoms. The maximum atomic E-state index is 5.25. The molecule has 3 heteroatoms. The molecule has 0 saturated heterocycles. The van der Waals surface area contributed by atoms with Gasteiger partial charge in [-0.05, 0) is 47.0 Å². The summed E-state index contributed by atoms with van der Waals surface area (Å²) < 4.78 is 11.4. The van der Waals surface area contributed by atoms with E-state index in [1.165, 1.54) is 0 Å². The Morgan fingerprint density at radius 3 is 2.15 bits per heavy atom. The molecule has 1 rings (SSSR count). The minimum Gasteiger partial charge on any atom is -0.496 e. The summed E-state index contributed by atoms with van der Waals surface area (Å²) in [6.07, 6.45) is 0. The molecule has 1 aromatic rings. The van der Waals surface area contributed by atoms with E-state index in [2.05, 4.69) is 15.9 Å². The highest BCUT2D eigenvalue weighted by atomic mass is 79.9. The van der Waals surface area contributed by atoms with Crippen molar-refractivity contribution in [1.29, 1.82) is 0 Å². The fraction of sp³-hybridized carbons (Fsp3) is 0.400. The molecular formula is C10H13BrO2. The number of ether oxygens (including phenoxy) is 2. The van der Waals surface area contributed by atoms with Gasteiger partial charge in [0.15, 0.2) is 0 Å². The van der Waals surface area contributed by atoms with Crippen LogP contribution in [0.25, 0.3) is 0 Å². The van der Waals surface area contributed by atoms with Crippen LogP contribution in [0.3, 0.4) is 0 Å². The van der Waals surface area contributed by atoms with Crippen LogP contribution >= 0.6 is 15.9 Å². The van der Waals surface area contributed by atoms with Crippen LogP contribution in [0, 0.1) is 13.8 Å². The van der Waals surface area contributed by atoms with E-state index >= 15 is 0 Å². The topological polar surface area (TPSA) is 18.5 Å². The Balaban J connectivity index is 3.37. The van der Waals surface area contributed by atoms with Crippen LogP contribution in [0.1, 0.15) is 11.1 Å². The molecule has 0 spiro atoms. The van der Waals surface area contributed by atoms with Crippen LogP contribution in [0.4, 0.5) is 0 Å². The second kappa shape index (κ2) is 4.01. The summed E-state index contributed by atoms with van der Waals surface area (Å²) in [4.78, 5) is 0. The molecule has 0 saturated carbocycles. The Morgan fingerprint density at radius 2 is 1.69 bits per heavy atom. The van der Waals surface area contributed by atoms with Crippen LogP contribution < -0.4 is 9.47 Å². The van der Waals surface area contributed by atoms with Crippen LogP contribution in [0.2, 0.25) is 0 Å². The van der Waals surface area contributed by atoms with Gasteiger partial charge in [-0.25, -0.2) is 0 Å². The van der Waals surface area contributed by atoms with Crippen molar-refractivity contribution in [2.45, 2.75) is 13.8 Å². The van der Waals surface area contributed by atoms with Gasteiger partial charge < -0.3 is 9.47 Å². The highest BCUT2D eigenvalue weighted by molar-refractivity contribution is 9.10. The first kappa shape index (κ1) is 10.4. The van der Waals surface area contributed by atoms with Crippen molar-refractivity contribution in [3.63, 3.8) is 0 Å². The fourth-order valence-corrected chi connectivity index (χ4v) is 1.95. The number of rotatable bonds is 2. The Morgan fingerprint density at radius 1 is 1.08 bits per heavy atom. The molecule has 0 amide bonds. The molecule has 0 aliphatic heterocycles. The van der Waals surface area contributed by atoms with E-state index in [1.54, 1.807) is 14.2 Å². The zero-order valence-corrected chi connectivity index (χ0v) is 9.86. The molecule has 72 valence electrons. The Hall–Kier alpha value is -0.700. The zero-order chi connectivity index (χ0) is 10.0. The molecular weight excluding hydrogens is 232 g/mol. The smallest absolute Gasteiger partial charge is 0.136 e. The minimum atomic E-state index is 0.873. The van der Waals surface area contributed by atoms with Crippen molar-refractivity contribution in [2.75, 3.05) is 14.2 Å². The first-order valence-corrected chi connectivity index (χ1v) is 4.78. The lowest BCUT2D eigenvalue weighted by atomic mass is 10.1. The van der Waals surface area contributed by atoms with Crippen molar-refractivity contribution in [2.24, 2.45) is 0 Å². The molecule has 0 aliphatic carbocycles. The molecule has 0 aliphatic rings. The lowest BCUT2D eigenvalue weighted by Gasteiger charge is -2.13. The monoisotopic (exact) mass is 244 g/mol. The fourth-order valence-electron chi connectivity index (χ4n) is 1.29. The van der Waals surface area contributed by atoms with Gasteiger partial charge in [-0.1, -0.05) is 0 Å². The molecule has 2 nitrogen and oxygen atoms in total. The van der Waals surface area contributed by atoms with E-state index in [0.29, 0.717) is 0 Å². The maximum Gasteiger partial charge on any atom is 0.136 e. The van der Waals surface area contributed by atoms with E-state index in [1.807, 2.05) is 19.9 Å². The van der Waals surface area contributed by atoms with Crippen molar-refractivity contribution < 1.29 is 9.47 Å². The highest BCUT2D eigenvalue weighted by Crippen LogP contribution is 2.36. The van der Waals surface area contributed by atoms with Gasteiger partial charge in [-0.3, -0.25) is 0 Å². The van der Waals surface area contributed by atoms with Crippen molar-refractivity contribution >= 4 is 15.9 Å². The summed E-state index contributed by atoms with van der Waals surface area (Å²) in [5.41, 5.74) is 2.22. The third-order valence-electron chi connectivity index (χ3n) is 2.17. The van der Waals surface area contributed by atoms with E-state index in [0.717, 1.165) is 27.1 Å². The molecule has 0 bridgehead atoms. The second-order valence-corrected chi connectivity index (χ2v) is 3.70. The first-order valence-electron chi connectivity index (χ1n) is 3.99. The Labute approximate surface area is 87.0 Å². The number of hydrogen-bond acceptors (Lipinski definition) is 2. The maximum absolute atomic E-state index is 5.25. The molecule has 0 fully saturated rings. The van der Waals surface area contributed by atoms with E-state index in [4.69, 9.17) is 9.47 Å². The van der Waals surface area contributed by atoms with Gasteiger partial charge in [0.1, 0.15) is 11.5 Å². The Bertz CT molecular complexity index is 321. The average Bonchev–Trinajstić information content (AvgIpc) is 2.12. The molecule has 0 N–H and O–H groups in total. The van der Waals surface area contributed by atoms with E-state index in [9.17, 15) is 0 Å². The molecule has 0 radical (unpaired) electrons. The van der Waals surface area contributed by atoms with Crippen LogP contribution in [0.5, 0.6) is 11.5 Å². The lowest BCUT2D eigenvalue weighted by molar-refractivity contribution is 0.395. The average molecular weight is 245 g/mol. The lowest BCUT2D eigenvalue weighted by Crippen LogP contribution is -1.95. The van der Waals surface area contributed by atoms with Gasteiger partial charge in [0.25, 0.3) is 0 Å². The first-order chi connectivity index (χ1) is 6.11. The molecule has 0 heterocycles. The molecule has 0 unspecified atom stereocenters. The summed E-state index contributed by atoms with van der Waals surface area (Å²) in [7, 11) is 3.33. The van der Waals surface area contributed by atoms with Crippen LogP contribution in [0.15, 0.2) is 10.5 Å². The van der Waals surface area contributed by atoms with Crippen molar-refractivity contribution in [1.82, 2.24) is 0 Å². The summed E-state index contributed by atoms with van der Waals surface area (Å²) in [5.74, 6) is 1.75. The van der Waals surface area contributed by atoms with Crippen molar-refractivity contribution in [3.05, 3.63) is 21.7 Å². The largest absolute Gasteiger partial charge is 0.496 e. The second-order valence-electron chi connectivity index (χ2n) is 2.84. The normalized spacial score (nSPS) is 9.92. The van der Waals surface area contributed by atoms with Gasteiger partial charge in [0, 0.05) is 0 Å². The highest BCUT2D eigenvalue weighted by Gasteiger charge is 2.11. The van der Waals surface area contributed by atoms with Crippen LogP contribution in [-0.2, 0) is 0 Å². The third-order valence-corrected chi connectivity index (χ3v) is 2.76. The Kier molecular flexibility index (Phi) is 3.20. The SMILES string of the molecule is COc1cc(Br)c(OC)c(C)c1C. The summed E-state index contributed by atoms with van der Waals surface area (Å²) in [6.45, 7) is 4.03. The summed E-state index contributed by atoms with van der Waals surface area (Å²) in [6, 6.07) is 1.92. The minimum absolute atomic E-state index is 0.873. The molecule has 0 aromatic heterocycles. The number of halogens is 1. The van der Waals surface area contributed by atoms with E-state index in [-0.39, 0.29) is 0 Å². The van der Waals surface area contributed by atoms with E-state index < -0.39 is 0 Å². The van der Waals surface area contributed by atoms with Gasteiger partial charge in [0.2, 0.25) is 0 Å². The number of methoxy groups -OCH3 is 2. The van der Waals surface area contributed by atoms with Gasteiger partial charge in [-0.15, -0.1) is 0 Å². The molecule has 0 atom stereocenters. The standard InChI is InChI=1S/C10H13BrO2/c1-6-7(2)10(13-4)8(11)5-9(6)12-3/h5H,1-4H3. The van der Waals surface area contributed by atoms with Crippen molar-refractivity contribution in [3.8, 4) is 11.5 Å². The predicted molar refractivity (Wildman–Crippen MR) is 56.7 cm³/mol. The summed E-state index contributed by atoms with van der Waals surface area (Å²) >= 11 is 3.43. The van der Waals surface area contributed by atoms with Gasteiger partial charge in [-0.2, -0.15) is 0 Å². The van der Waals surface area contributed by atoms with Gasteiger partial charge in [0.05, 0.1) is 18.7 Å². The summed E-state index contributed by atoms with van der Waals surface area (Å²) in [5, 5.41) is 0. The third kappa shape index (κ3) is 1.80. The number of hydrogen-bond donors (Lipinski definition) is 0. The number of benzene rings is 1.